The van der Waals surface area contributed by atoms with Crippen LogP contribution in [0, 0.1) is 5.92 Å². The van der Waals surface area contributed by atoms with Gasteiger partial charge in [0, 0.05) is 18.9 Å². The number of nitrogens with zero attached hydrogens (tertiary/aromatic N) is 1. The Labute approximate surface area is 225 Å². The Hall–Kier alpha value is -2.64. The van der Waals surface area contributed by atoms with Crippen molar-refractivity contribution in [2.45, 2.75) is 106 Å². The van der Waals surface area contributed by atoms with Crippen LogP contribution in [0.2, 0.25) is 0 Å². The summed E-state index contributed by atoms with van der Waals surface area (Å²) in [5.41, 5.74) is -1.45. The van der Waals surface area contributed by atoms with Gasteiger partial charge in [0.2, 0.25) is 27.7 Å². The molecule has 4 amide bonds. The summed E-state index contributed by atoms with van der Waals surface area (Å²) in [6, 6.07) is -2.03. The molecule has 0 aromatic rings. The van der Waals surface area contributed by atoms with Crippen LogP contribution in [0.1, 0.15) is 77.0 Å². The maximum atomic E-state index is 13.5. The van der Waals surface area contributed by atoms with E-state index in [1.54, 1.807) is 0 Å². The van der Waals surface area contributed by atoms with Crippen LogP contribution in [0.15, 0.2) is 12.2 Å². The average molecular weight is 577 g/mol. The fourth-order valence-corrected chi connectivity index (χ4v) is 6.66. The van der Waals surface area contributed by atoms with Crippen molar-refractivity contribution in [2.75, 3.05) is 6.54 Å². The van der Waals surface area contributed by atoms with E-state index in [2.05, 4.69) is 15.4 Å². The van der Waals surface area contributed by atoms with Gasteiger partial charge < -0.3 is 15.5 Å². The first-order valence-electron chi connectivity index (χ1n) is 13.5. The first kappa shape index (κ1) is 29.3. The molecular formula is C25H35F3N4O6S. The molecule has 4 rings (SSSR count). The predicted octanol–water partition coefficient (Wildman–Crippen LogP) is 1.81. The van der Waals surface area contributed by atoms with Crippen LogP contribution in [-0.4, -0.2) is 72.5 Å². The molecule has 2 aliphatic heterocycles. The zero-order valence-corrected chi connectivity index (χ0v) is 22.4. The van der Waals surface area contributed by atoms with Crippen molar-refractivity contribution < 1.29 is 40.8 Å². The molecule has 1 unspecified atom stereocenters. The monoisotopic (exact) mass is 576 g/mol. The van der Waals surface area contributed by atoms with E-state index in [-0.39, 0.29) is 19.4 Å². The van der Waals surface area contributed by atoms with E-state index in [9.17, 15) is 40.8 Å². The lowest BCUT2D eigenvalue weighted by molar-refractivity contribution is -0.146. The number of hydrogen-bond donors (Lipinski definition) is 3. The highest BCUT2D eigenvalue weighted by atomic mass is 32.2. The second-order valence-corrected chi connectivity index (χ2v) is 12.9. The summed E-state index contributed by atoms with van der Waals surface area (Å²) in [4.78, 5) is 53.6. The maximum absolute atomic E-state index is 13.5. The second kappa shape index (κ2) is 11.5. The van der Waals surface area contributed by atoms with Crippen molar-refractivity contribution in [1.29, 1.82) is 0 Å². The van der Waals surface area contributed by atoms with Crippen molar-refractivity contribution in [2.24, 2.45) is 5.92 Å². The fourth-order valence-electron chi connectivity index (χ4n) is 5.30. The van der Waals surface area contributed by atoms with Crippen molar-refractivity contribution in [3.8, 4) is 0 Å². The molecule has 4 atom stereocenters. The van der Waals surface area contributed by atoms with Gasteiger partial charge in [0.15, 0.2) is 0 Å². The molecule has 1 saturated heterocycles. The zero-order valence-electron chi connectivity index (χ0n) is 21.6. The fraction of sp³-hybridized carbons (Fsp3) is 0.760. The van der Waals surface area contributed by atoms with Gasteiger partial charge in [-0.3, -0.25) is 23.9 Å². The highest BCUT2D eigenvalue weighted by molar-refractivity contribution is 7.91. The van der Waals surface area contributed by atoms with E-state index >= 15 is 0 Å². The molecule has 14 heteroatoms. The number of allylic oxidation sites excluding steroid dienone is 1. The van der Waals surface area contributed by atoms with Gasteiger partial charge in [-0.2, -0.15) is 13.2 Å². The van der Waals surface area contributed by atoms with Gasteiger partial charge in [0.1, 0.15) is 17.6 Å². The lowest BCUT2D eigenvalue weighted by Gasteiger charge is -2.30. The number of rotatable bonds is 6. The Morgan fingerprint density at radius 2 is 1.82 bits per heavy atom. The zero-order chi connectivity index (χ0) is 28.4. The quantitative estimate of drug-likeness (QED) is 0.412. The summed E-state index contributed by atoms with van der Waals surface area (Å²) in [5, 5.41) is 4.55. The summed E-state index contributed by atoms with van der Waals surface area (Å²) in [7, 11) is -3.84. The summed E-state index contributed by atoms with van der Waals surface area (Å²) in [5.74, 6) is -3.24. The molecule has 10 nitrogen and oxygen atoms in total. The van der Waals surface area contributed by atoms with Gasteiger partial charge in [0.05, 0.1) is 11.7 Å². The van der Waals surface area contributed by atoms with Gasteiger partial charge in [-0.05, 0) is 51.4 Å². The molecule has 0 radical (unpaired) electrons. The molecule has 2 heterocycles. The number of carbonyl (C=O) groups is 4. The number of fused-ring (bicyclic) bond motifs is 2. The molecule has 4 aliphatic rings. The van der Waals surface area contributed by atoms with Crippen LogP contribution < -0.4 is 15.4 Å². The molecule has 2 aliphatic carbocycles. The van der Waals surface area contributed by atoms with Gasteiger partial charge >= 0.3 is 6.18 Å². The van der Waals surface area contributed by atoms with Crippen LogP contribution >= 0.6 is 0 Å². The van der Waals surface area contributed by atoms with Crippen LogP contribution in [-0.2, 0) is 29.2 Å². The first-order valence-corrected chi connectivity index (χ1v) is 15.1. The first-order chi connectivity index (χ1) is 18.3. The molecule has 0 bridgehead atoms. The number of sulfonamides is 1. The Kier molecular flexibility index (Phi) is 8.62. The van der Waals surface area contributed by atoms with Crippen molar-refractivity contribution in [3.05, 3.63) is 12.2 Å². The minimum Gasteiger partial charge on any atom is -0.344 e. The Morgan fingerprint density at radius 3 is 2.51 bits per heavy atom. The van der Waals surface area contributed by atoms with E-state index in [1.165, 1.54) is 4.90 Å². The van der Waals surface area contributed by atoms with E-state index in [4.69, 9.17) is 0 Å². The lowest BCUT2D eigenvalue weighted by atomic mass is 10.0. The van der Waals surface area contributed by atoms with E-state index < -0.39 is 81.5 Å². The number of alkyl halides is 3. The number of amides is 4. The molecule has 0 aromatic heterocycles. The third-order valence-electron chi connectivity index (χ3n) is 7.80. The number of halogens is 3. The Bertz CT molecular complexity index is 1120. The van der Waals surface area contributed by atoms with Crippen molar-refractivity contribution in [1.82, 2.24) is 20.3 Å². The smallest absolute Gasteiger partial charge is 0.344 e. The largest absolute Gasteiger partial charge is 0.389 e. The van der Waals surface area contributed by atoms with Crippen molar-refractivity contribution >= 4 is 33.7 Å². The van der Waals surface area contributed by atoms with E-state index in [0.29, 0.717) is 44.9 Å². The lowest BCUT2D eigenvalue weighted by Crippen LogP contribution is -2.58. The highest BCUT2D eigenvalue weighted by Gasteiger charge is 2.61. The Morgan fingerprint density at radius 1 is 1.08 bits per heavy atom. The molecular weight excluding hydrogens is 541 g/mol. The van der Waals surface area contributed by atoms with Gasteiger partial charge in [-0.25, -0.2) is 8.42 Å². The van der Waals surface area contributed by atoms with Crippen LogP contribution in [0.25, 0.3) is 0 Å². The summed E-state index contributed by atoms with van der Waals surface area (Å²) >= 11 is 0. The molecule has 218 valence electrons. The Balaban J connectivity index is 1.51. The second-order valence-electron chi connectivity index (χ2n) is 10.9. The minimum absolute atomic E-state index is 0.213. The van der Waals surface area contributed by atoms with Crippen LogP contribution in [0.3, 0.4) is 0 Å². The molecule has 2 saturated carbocycles. The summed E-state index contributed by atoms with van der Waals surface area (Å²) in [6.07, 6.45) is 1.87. The molecule has 0 aromatic carbocycles. The van der Waals surface area contributed by atoms with Crippen molar-refractivity contribution in [3.63, 3.8) is 0 Å². The van der Waals surface area contributed by atoms with E-state index in [1.807, 2.05) is 12.2 Å². The summed E-state index contributed by atoms with van der Waals surface area (Å²) < 4.78 is 64.7. The molecule has 3 fully saturated rings. The van der Waals surface area contributed by atoms with Gasteiger partial charge in [0.25, 0.3) is 5.91 Å². The van der Waals surface area contributed by atoms with Crippen LogP contribution in [0.4, 0.5) is 13.2 Å². The highest BCUT2D eigenvalue weighted by Crippen LogP contribution is 2.46. The van der Waals surface area contributed by atoms with Gasteiger partial charge in [-0.15, -0.1) is 0 Å². The predicted molar refractivity (Wildman–Crippen MR) is 133 cm³/mol. The van der Waals surface area contributed by atoms with Gasteiger partial charge in [-0.1, -0.05) is 25.0 Å². The SMILES string of the molecule is O=C(CCC(F)(F)F)NC1CCCCCC=C[C@@H]2C[C@@]2(C(=O)NS(=O)(=O)C2CC2)NC(=O)[C@@H]2CCCN2C1=O. The van der Waals surface area contributed by atoms with Crippen LogP contribution in [0.5, 0.6) is 0 Å². The maximum Gasteiger partial charge on any atom is 0.389 e. The third-order valence-corrected chi connectivity index (χ3v) is 9.62. The topological polar surface area (TPSA) is 142 Å². The molecule has 3 N–H and O–H groups in total. The van der Waals surface area contributed by atoms with E-state index in [0.717, 1.165) is 6.42 Å². The molecule has 39 heavy (non-hydrogen) atoms. The third kappa shape index (κ3) is 7.31. The number of nitrogens with one attached hydrogen (secondary N) is 3. The number of carbonyl (C=O) groups excluding carboxylic acids is 4. The standard InChI is InChI=1S/C25H35F3N4O6S/c26-25(27,28)13-12-20(33)29-18-8-5-3-1-2-4-7-16-15-24(16,23(36)31-39(37,38)17-10-11-17)30-21(34)19-9-6-14-32(19)22(18)35/h4,7,16-19H,1-3,5-6,8-15H2,(H,29,33)(H,30,34)(H,31,36)/t16-,18?,19+,24-/m1/s1. The minimum atomic E-state index is -4.50. The normalized spacial score (nSPS) is 30.3. The number of hydrogen-bond acceptors (Lipinski definition) is 6. The summed E-state index contributed by atoms with van der Waals surface area (Å²) in [6.45, 7) is 0.213. The molecule has 0 spiro atoms. The average Bonchev–Trinajstić information content (AvgIpc) is 3.77.